The van der Waals surface area contributed by atoms with Crippen LogP contribution in [0.1, 0.15) is 11.8 Å². The second-order valence-electron chi connectivity index (χ2n) is 3.80. The second kappa shape index (κ2) is 5.56. The Labute approximate surface area is 114 Å². The van der Waals surface area contributed by atoms with Crippen LogP contribution in [0, 0.1) is 0 Å². The average Bonchev–Trinajstić information content (AvgIpc) is 2.73. The summed E-state index contributed by atoms with van der Waals surface area (Å²) in [7, 11) is 0. The van der Waals surface area contributed by atoms with Crippen LogP contribution in [0.15, 0.2) is 40.2 Å². The zero-order valence-electron chi connectivity index (χ0n) is 9.69. The van der Waals surface area contributed by atoms with Crippen molar-refractivity contribution in [2.45, 2.75) is 13.5 Å². The van der Waals surface area contributed by atoms with Gasteiger partial charge in [-0.3, -0.25) is 0 Å². The molecule has 0 atom stereocenters. The van der Waals surface area contributed by atoms with Crippen LogP contribution in [0.3, 0.4) is 0 Å². The molecule has 0 saturated carbocycles. The Morgan fingerprint density at radius 1 is 1.35 bits per heavy atom. The molecule has 0 unspecified atom stereocenters. The van der Waals surface area contributed by atoms with Gasteiger partial charge in [-0.15, -0.1) is 11.3 Å². The Morgan fingerprint density at radius 2 is 2.12 bits per heavy atom. The average molecular weight is 311 g/mol. The molecule has 0 aliphatic carbocycles. The molecule has 0 radical (unpaired) electrons. The molecule has 17 heavy (non-hydrogen) atoms. The second-order valence-corrected chi connectivity index (χ2v) is 5.72. The number of benzene rings is 1. The maximum absolute atomic E-state index is 6.01. The van der Waals surface area contributed by atoms with Crippen molar-refractivity contribution < 1.29 is 0 Å². The molecule has 0 amide bonds. The van der Waals surface area contributed by atoms with Crippen LogP contribution in [-0.4, -0.2) is 6.54 Å². The van der Waals surface area contributed by atoms with E-state index in [4.69, 9.17) is 5.73 Å². The maximum Gasteiger partial charge on any atom is 0.0603 e. The smallest absolute Gasteiger partial charge is 0.0603 e. The van der Waals surface area contributed by atoms with Crippen molar-refractivity contribution in [1.29, 1.82) is 0 Å². The van der Waals surface area contributed by atoms with Crippen molar-refractivity contribution in [3.63, 3.8) is 0 Å². The topological polar surface area (TPSA) is 29.3 Å². The summed E-state index contributed by atoms with van der Waals surface area (Å²) in [5.41, 5.74) is 7.96. The minimum absolute atomic E-state index is 0.838. The first kappa shape index (κ1) is 12.5. The largest absolute Gasteiger partial charge is 0.397 e. The molecule has 2 nitrogen and oxygen atoms in total. The lowest BCUT2D eigenvalue weighted by Crippen LogP contribution is -2.22. The summed E-state index contributed by atoms with van der Waals surface area (Å²) < 4.78 is 1.15. The Bertz CT molecular complexity index is 496. The van der Waals surface area contributed by atoms with Crippen molar-refractivity contribution in [1.82, 2.24) is 0 Å². The molecule has 0 fully saturated rings. The summed E-state index contributed by atoms with van der Waals surface area (Å²) in [6, 6.07) is 10.2. The number of nitrogen functional groups attached to an aromatic ring is 1. The van der Waals surface area contributed by atoms with Gasteiger partial charge in [0.15, 0.2) is 0 Å². The predicted octanol–water partition coefficient (Wildman–Crippen LogP) is 4.12. The number of hydrogen-bond donors (Lipinski definition) is 1. The van der Waals surface area contributed by atoms with E-state index in [0.717, 1.165) is 28.9 Å². The Kier molecular flexibility index (Phi) is 4.07. The van der Waals surface area contributed by atoms with Crippen molar-refractivity contribution >= 4 is 38.6 Å². The lowest BCUT2D eigenvalue weighted by atomic mass is 10.2. The minimum Gasteiger partial charge on any atom is -0.397 e. The van der Waals surface area contributed by atoms with Crippen LogP contribution in [0.5, 0.6) is 0 Å². The van der Waals surface area contributed by atoms with E-state index in [1.165, 1.54) is 4.88 Å². The van der Waals surface area contributed by atoms with Crippen LogP contribution in [0.4, 0.5) is 11.4 Å². The molecule has 2 N–H and O–H groups in total. The Hall–Kier alpha value is -1.00. The van der Waals surface area contributed by atoms with Gasteiger partial charge in [0, 0.05) is 21.3 Å². The molecule has 0 saturated heterocycles. The summed E-state index contributed by atoms with van der Waals surface area (Å²) in [5.74, 6) is 0. The predicted molar refractivity (Wildman–Crippen MR) is 79.6 cm³/mol. The van der Waals surface area contributed by atoms with Gasteiger partial charge in [0.05, 0.1) is 17.9 Å². The lowest BCUT2D eigenvalue weighted by molar-refractivity contribution is 0.844. The van der Waals surface area contributed by atoms with E-state index in [1.54, 1.807) is 11.3 Å². The standard InChI is InChI=1S/C13H15BrN2S/c1-2-16(8-11-7-10(14)9-17-11)13-6-4-3-5-12(13)15/h3-7,9H,2,8,15H2,1H3. The molecular formula is C13H15BrN2S. The van der Waals surface area contributed by atoms with Gasteiger partial charge in [0.1, 0.15) is 0 Å². The molecule has 0 bridgehead atoms. The third-order valence-electron chi connectivity index (χ3n) is 2.63. The van der Waals surface area contributed by atoms with Crippen LogP contribution < -0.4 is 10.6 Å². The van der Waals surface area contributed by atoms with Crippen LogP contribution in [-0.2, 0) is 6.54 Å². The van der Waals surface area contributed by atoms with Gasteiger partial charge in [-0.2, -0.15) is 0 Å². The van der Waals surface area contributed by atoms with Gasteiger partial charge < -0.3 is 10.6 Å². The molecule has 0 spiro atoms. The number of thiophene rings is 1. The van der Waals surface area contributed by atoms with E-state index in [0.29, 0.717) is 0 Å². The quantitative estimate of drug-likeness (QED) is 0.861. The van der Waals surface area contributed by atoms with Gasteiger partial charge in [0.2, 0.25) is 0 Å². The van der Waals surface area contributed by atoms with Gasteiger partial charge in [-0.25, -0.2) is 0 Å². The van der Waals surface area contributed by atoms with E-state index in [1.807, 2.05) is 18.2 Å². The first-order valence-corrected chi connectivity index (χ1v) is 7.20. The SMILES string of the molecule is CCN(Cc1cc(Br)cs1)c1ccccc1N. The van der Waals surface area contributed by atoms with E-state index in [2.05, 4.69) is 45.3 Å². The summed E-state index contributed by atoms with van der Waals surface area (Å²) in [6.07, 6.45) is 0. The van der Waals surface area contributed by atoms with Gasteiger partial charge in [-0.1, -0.05) is 12.1 Å². The van der Waals surface area contributed by atoms with E-state index < -0.39 is 0 Å². The monoisotopic (exact) mass is 310 g/mol. The van der Waals surface area contributed by atoms with Gasteiger partial charge >= 0.3 is 0 Å². The summed E-state index contributed by atoms with van der Waals surface area (Å²) in [5, 5.41) is 2.11. The number of anilines is 2. The number of rotatable bonds is 4. The zero-order valence-corrected chi connectivity index (χ0v) is 12.1. The van der Waals surface area contributed by atoms with Gasteiger partial charge in [-0.05, 0) is 41.1 Å². The highest BCUT2D eigenvalue weighted by atomic mass is 79.9. The molecular weight excluding hydrogens is 296 g/mol. The zero-order chi connectivity index (χ0) is 12.3. The first-order chi connectivity index (χ1) is 8.20. The number of halogens is 1. The van der Waals surface area contributed by atoms with Crippen molar-refractivity contribution in [3.05, 3.63) is 45.1 Å². The number of nitrogens with two attached hydrogens (primary N) is 1. The van der Waals surface area contributed by atoms with Crippen molar-refractivity contribution in [3.8, 4) is 0 Å². The molecule has 4 heteroatoms. The summed E-state index contributed by atoms with van der Waals surface area (Å²) in [4.78, 5) is 3.62. The van der Waals surface area contributed by atoms with Crippen molar-refractivity contribution in [2.75, 3.05) is 17.2 Å². The fraction of sp³-hybridized carbons (Fsp3) is 0.231. The van der Waals surface area contributed by atoms with E-state index >= 15 is 0 Å². The van der Waals surface area contributed by atoms with E-state index in [9.17, 15) is 0 Å². The molecule has 1 heterocycles. The molecule has 1 aromatic heterocycles. The van der Waals surface area contributed by atoms with Gasteiger partial charge in [0.25, 0.3) is 0 Å². The van der Waals surface area contributed by atoms with Crippen LogP contribution >= 0.6 is 27.3 Å². The maximum atomic E-state index is 6.01. The third kappa shape index (κ3) is 3.01. The molecule has 0 aliphatic heterocycles. The Morgan fingerprint density at radius 3 is 2.71 bits per heavy atom. The molecule has 1 aromatic carbocycles. The summed E-state index contributed by atoms with van der Waals surface area (Å²) in [6.45, 7) is 4.00. The normalized spacial score (nSPS) is 10.5. The fourth-order valence-electron chi connectivity index (χ4n) is 1.77. The number of hydrogen-bond acceptors (Lipinski definition) is 3. The number of para-hydroxylation sites is 2. The Balaban J connectivity index is 2.20. The molecule has 90 valence electrons. The van der Waals surface area contributed by atoms with Crippen molar-refractivity contribution in [2.24, 2.45) is 0 Å². The highest BCUT2D eigenvalue weighted by Crippen LogP contribution is 2.27. The minimum atomic E-state index is 0.838. The highest BCUT2D eigenvalue weighted by Gasteiger charge is 2.09. The molecule has 0 aliphatic rings. The number of nitrogens with zero attached hydrogens (tertiary/aromatic N) is 1. The molecule has 2 aromatic rings. The highest BCUT2D eigenvalue weighted by molar-refractivity contribution is 9.10. The lowest BCUT2D eigenvalue weighted by Gasteiger charge is -2.23. The fourth-order valence-corrected chi connectivity index (χ4v) is 3.23. The molecule has 2 rings (SSSR count). The third-order valence-corrected chi connectivity index (χ3v) is 4.31. The first-order valence-electron chi connectivity index (χ1n) is 5.53. The van der Waals surface area contributed by atoms with Crippen LogP contribution in [0.2, 0.25) is 0 Å². The summed E-state index contributed by atoms with van der Waals surface area (Å²) >= 11 is 5.25. The van der Waals surface area contributed by atoms with Crippen LogP contribution in [0.25, 0.3) is 0 Å². The van der Waals surface area contributed by atoms with E-state index in [-0.39, 0.29) is 0 Å².